The Morgan fingerprint density at radius 1 is 1.06 bits per heavy atom. The van der Waals surface area contributed by atoms with Gasteiger partial charge in [0, 0.05) is 36.3 Å². The summed E-state index contributed by atoms with van der Waals surface area (Å²) in [5, 5.41) is 0.490. The maximum Gasteiger partial charge on any atom is 0.305 e. The zero-order valence-corrected chi connectivity index (χ0v) is 20.0. The number of ether oxygens (including phenoxy) is 1. The van der Waals surface area contributed by atoms with Crippen LogP contribution in [0.1, 0.15) is 41.9 Å². The third kappa shape index (κ3) is 7.39. The van der Waals surface area contributed by atoms with Gasteiger partial charge in [0.2, 0.25) is 10.0 Å². The van der Waals surface area contributed by atoms with Gasteiger partial charge in [-0.05, 0) is 66.3 Å². The normalized spacial score (nSPS) is 12.3. The monoisotopic (exact) mass is 486 g/mol. The molecule has 3 aromatic rings. The second-order valence-corrected chi connectivity index (χ2v) is 9.85. The predicted molar refractivity (Wildman–Crippen MR) is 129 cm³/mol. The van der Waals surface area contributed by atoms with E-state index >= 15 is 0 Å². The Labute approximate surface area is 200 Å². The molecule has 2 aromatic carbocycles. The predicted octanol–water partition coefficient (Wildman–Crippen LogP) is 4.73. The van der Waals surface area contributed by atoms with Crippen molar-refractivity contribution in [1.29, 1.82) is 0 Å². The maximum atomic E-state index is 12.4. The van der Waals surface area contributed by atoms with Crippen molar-refractivity contribution < 1.29 is 17.9 Å². The van der Waals surface area contributed by atoms with E-state index in [1.807, 2.05) is 30.5 Å². The van der Waals surface area contributed by atoms with Gasteiger partial charge >= 0.3 is 5.97 Å². The number of hydrogen-bond acceptors (Lipinski definition) is 5. The lowest BCUT2D eigenvalue weighted by Gasteiger charge is -2.18. The Balaban J connectivity index is 1.62. The number of rotatable bonds is 11. The SMILES string of the molecule is COC(=O)CCCC(c1ccc(CCNS(=O)(=O)c2ccc(Cl)cc2)cc1)c1cccnc1. The van der Waals surface area contributed by atoms with Crippen LogP contribution in [0.15, 0.2) is 78.0 Å². The molecule has 0 aliphatic carbocycles. The van der Waals surface area contributed by atoms with Crippen molar-refractivity contribution in [2.75, 3.05) is 13.7 Å². The van der Waals surface area contributed by atoms with Crippen LogP contribution in [0, 0.1) is 0 Å². The molecule has 33 heavy (non-hydrogen) atoms. The first-order valence-corrected chi connectivity index (χ1v) is 12.6. The molecule has 1 aromatic heterocycles. The number of esters is 1. The summed E-state index contributed by atoms with van der Waals surface area (Å²) in [6.45, 7) is 0.287. The van der Waals surface area contributed by atoms with E-state index in [0.29, 0.717) is 24.3 Å². The van der Waals surface area contributed by atoms with Gasteiger partial charge in [-0.1, -0.05) is 41.9 Å². The number of methoxy groups -OCH3 is 1. The van der Waals surface area contributed by atoms with Crippen LogP contribution in [0.5, 0.6) is 0 Å². The van der Waals surface area contributed by atoms with Crippen LogP contribution in [-0.2, 0) is 26.0 Å². The highest BCUT2D eigenvalue weighted by atomic mass is 35.5. The highest BCUT2D eigenvalue weighted by molar-refractivity contribution is 7.89. The van der Waals surface area contributed by atoms with Gasteiger partial charge in [0.1, 0.15) is 0 Å². The van der Waals surface area contributed by atoms with Gasteiger partial charge in [-0.2, -0.15) is 0 Å². The summed E-state index contributed by atoms with van der Waals surface area (Å²) in [5.41, 5.74) is 3.24. The second kappa shape index (κ2) is 11.9. The molecule has 0 saturated heterocycles. The number of sulfonamides is 1. The van der Waals surface area contributed by atoms with Gasteiger partial charge in [-0.3, -0.25) is 9.78 Å². The minimum Gasteiger partial charge on any atom is -0.469 e. The van der Waals surface area contributed by atoms with Gasteiger partial charge in [0.15, 0.2) is 0 Å². The van der Waals surface area contributed by atoms with E-state index in [1.54, 1.807) is 18.3 Å². The van der Waals surface area contributed by atoms with Crippen molar-refractivity contribution >= 4 is 27.6 Å². The summed E-state index contributed by atoms with van der Waals surface area (Å²) in [6, 6.07) is 18.1. The number of benzene rings is 2. The van der Waals surface area contributed by atoms with Crippen molar-refractivity contribution in [3.63, 3.8) is 0 Å². The Morgan fingerprint density at radius 2 is 1.79 bits per heavy atom. The number of halogens is 1. The lowest BCUT2D eigenvalue weighted by atomic mass is 9.87. The Hall–Kier alpha value is -2.74. The molecule has 0 aliphatic heterocycles. The summed E-state index contributed by atoms with van der Waals surface area (Å²) in [6.07, 6.45) is 6.03. The number of carbonyl (C=O) groups excluding carboxylic acids is 1. The Bertz CT molecular complexity index is 1140. The van der Waals surface area contributed by atoms with Crippen molar-refractivity contribution in [3.05, 3.63) is 94.8 Å². The van der Waals surface area contributed by atoms with Crippen LogP contribution in [-0.4, -0.2) is 33.0 Å². The largest absolute Gasteiger partial charge is 0.469 e. The molecule has 1 atom stereocenters. The topological polar surface area (TPSA) is 85.4 Å². The lowest BCUT2D eigenvalue weighted by Crippen LogP contribution is -2.25. The molecular formula is C25H27ClN2O4S. The first-order valence-electron chi connectivity index (χ1n) is 10.7. The van der Waals surface area contributed by atoms with E-state index in [0.717, 1.165) is 23.1 Å². The summed E-state index contributed by atoms with van der Waals surface area (Å²) < 4.78 is 32.2. The molecule has 8 heteroatoms. The lowest BCUT2D eigenvalue weighted by molar-refractivity contribution is -0.140. The third-order valence-electron chi connectivity index (χ3n) is 5.40. The standard InChI is InChI=1S/C25H27ClN2O4S/c1-32-25(29)6-2-5-24(21-4-3-16-27-18-21)20-9-7-19(8-10-20)15-17-28-33(30,31)23-13-11-22(26)12-14-23/h3-4,7-14,16,18,24,28H,2,5-6,15,17H2,1H3. The number of aromatic nitrogens is 1. The van der Waals surface area contributed by atoms with Crippen LogP contribution >= 0.6 is 11.6 Å². The highest BCUT2D eigenvalue weighted by Gasteiger charge is 2.16. The average Bonchev–Trinajstić information content (AvgIpc) is 2.83. The van der Waals surface area contributed by atoms with Crippen molar-refractivity contribution in [2.24, 2.45) is 0 Å². The quantitative estimate of drug-likeness (QED) is 0.396. The van der Waals surface area contributed by atoms with E-state index in [4.69, 9.17) is 16.3 Å². The molecule has 174 valence electrons. The van der Waals surface area contributed by atoms with Crippen LogP contribution < -0.4 is 4.72 Å². The molecule has 1 unspecified atom stereocenters. The molecule has 0 radical (unpaired) electrons. The third-order valence-corrected chi connectivity index (χ3v) is 7.13. The van der Waals surface area contributed by atoms with Crippen LogP contribution in [0.25, 0.3) is 0 Å². The summed E-state index contributed by atoms with van der Waals surface area (Å²) in [7, 11) is -2.18. The zero-order chi connectivity index (χ0) is 23.7. The van der Waals surface area contributed by atoms with E-state index in [1.165, 1.54) is 19.2 Å². The first kappa shape index (κ1) is 24.9. The molecule has 0 aliphatic rings. The fraction of sp³-hybridized carbons (Fsp3) is 0.280. The fourth-order valence-corrected chi connectivity index (χ4v) is 4.76. The van der Waals surface area contributed by atoms with Gasteiger partial charge in [0.25, 0.3) is 0 Å². The molecule has 0 saturated carbocycles. The molecule has 0 bridgehead atoms. The molecule has 0 amide bonds. The number of nitrogens with zero attached hydrogens (tertiary/aromatic N) is 1. The molecule has 1 N–H and O–H groups in total. The minimum atomic E-state index is -3.58. The second-order valence-electron chi connectivity index (χ2n) is 7.65. The van der Waals surface area contributed by atoms with E-state index in [2.05, 4.69) is 21.8 Å². The van der Waals surface area contributed by atoms with Gasteiger partial charge in [-0.15, -0.1) is 0 Å². The van der Waals surface area contributed by atoms with Crippen molar-refractivity contribution in [3.8, 4) is 0 Å². The van der Waals surface area contributed by atoms with Crippen molar-refractivity contribution in [2.45, 2.75) is 36.5 Å². The van der Waals surface area contributed by atoms with Gasteiger partial charge in [0.05, 0.1) is 12.0 Å². The molecule has 1 heterocycles. The van der Waals surface area contributed by atoms with E-state index in [9.17, 15) is 13.2 Å². The maximum absolute atomic E-state index is 12.4. The Morgan fingerprint density at radius 3 is 2.42 bits per heavy atom. The Kier molecular flexibility index (Phi) is 9.00. The minimum absolute atomic E-state index is 0.112. The highest BCUT2D eigenvalue weighted by Crippen LogP contribution is 2.29. The molecule has 3 rings (SSSR count). The van der Waals surface area contributed by atoms with Gasteiger partial charge in [-0.25, -0.2) is 13.1 Å². The molecule has 0 fully saturated rings. The number of hydrogen-bond donors (Lipinski definition) is 1. The van der Waals surface area contributed by atoms with E-state index in [-0.39, 0.29) is 23.3 Å². The number of carbonyl (C=O) groups is 1. The number of nitrogens with one attached hydrogen (secondary N) is 1. The van der Waals surface area contributed by atoms with Crippen LogP contribution in [0.2, 0.25) is 5.02 Å². The smallest absolute Gasteiger partial charge is 0.305 e. The van der Waals surface area contributed by atoms with Gasteiger partial charge < -0.3 is 4.74 Å². The van der Waals surface area contributed by atoms with Crippen LogP contribution in [0.4, 0.5) is 0 Å². The summed E-state index contributed by atoms with van der Waals surface area (Å²) >= 11 is 5.83. The average molecular weight is 487 g/mol. The number of pyridine rings is 1. The van der Waals surface area contributed by atoms with E-state index < -0.39 is 10.0 Å². The first-order chi connectivity index (χ1) is 15.9. The fourth-order valence-electron chi connectivity index (χ4n) is 3.60. The van der Waals surface area contributed by atoms with Crippen LogP contribution in [0.3, 0.4) is 0 Å². The molecule has 6 nitrogen and oxygen atoms in total. The summed E-state index contributed by atoms with van der Waals surface area (Å²) in [5.74, 6) is -0.0999. The van der Waals surface area contributed by atoms with Crippen molar-refractivity contribution in [1.82, 2.24) is 9.71 Å². The molecule has 0 spiro atoms. The summed E-state index contributed by atoms with van der Waals surface area (Å²) in [4.78, 5) is 15.9. The zero-order valence-electron chi connectivity index (χ0n) is 18.4. The molecular weight excluding hydrogens is 460 g/mol.